The van der Waals surface area contributed by atoms with Gasteiger partial charge >= 0.3 is 0 Å². The fourth-order valence-corrected chi connectivity index (χ4v) is 5.59. The predicted octanol–water partition coefficient (Wildman–Crippen LogP) is 4.20. The maximum atomic E-state index is 13.3. The molecule has 2 aliphatic rings. The molecule has 2 saturated carbocycles. The van der Waals surface area contributed by atoms with Gasteiger partial charge in [-0.15, -0.1) is 10.2 Å². The number of nitrogens with one attached hydrogen (secondary N) is 3. The summed E-state index contributed by atoms with van der Waals surface area (Å²) in [5, 5.41) is 24.4. The van der Waals surface area contributed by atoms with E-state index in [0.717, 1.165) is 40.8 Å². The van der Waals surface area contributed by atoms with Crippen LogP contribution in [0.25, 0.3) is 11.0 Å². The van der Waals surface area contributed by atoms with Gasteiger partial charge in [0.05, 0.1) is 22.5 Å². The first kappa shape index (κ1) is 23.4. The lowest BCUT2D eigenvalue weighted by Gasteiger charge is -2.46. The van der Waals surface area contributed by atoms with Gasteiger partial charge in [0.2, 0.25) is 0 Å². The summed E-state index contributed by atoms with van der Waals surface area (Å²) in [6.07, 6.45) is 8.08. The first-order chi connectivity index (χ1) is 17.9. The van der Waals surface area contributed by atoms with Crippen molar-refractivity contribution >= 4 is 22.6 Å². The largest absolute Gasteiger partial charge is 0.360 e. The van der Waals surface area contributed by atoms with Crippen molar-refractivity contribution in [1.82, 2.24) is 30.0 Å². The molecule has 188 valence electrons. The summed E-state index contributed by atoms with van der Waals surface area (Å²) in [6.45, 7) is 2.90. The fourth-order valence-electron chi connectivity index (χ4n) is 5.59. The highest BCUT2D eigenvalue weighted by atomic mass is 16.1. The standard InChI is InChI=1S/C28H30N8O/c1-27(8-9-27)31-16-19-12-23(34-22-7-11-30-24(19)22)25(37)33-21-5-3-4-20(13-21)28(14-18(15-28)6-10-29)26-35-32-17-36(26)2/h3-5,7,11-13,17-18,30-31H,6,8-9,14-16H2,1-2H3,(H,33,37). The maximum Gasteiger partial charge on any atom is 0.274 e. The van der Waals surface area contributed by atoms with Gasteiger partial charge in [-0.25, -0.2) is 4.98 Å². The highest BCUT2D eigenvalue weighted by Gasteiger charge is 2.49. The summed E-state index contributed by atoms with van der Waals surface area (Å²) in [7, 11) is 1.94. The predicted molar refractivity (Wildman–Crippen MR) is 140 cm³/mol. The molecule has 0 radical (unpaired) electrons. The lowest BCUT2D eigenvalue weighted by atomic mass is 9.57. The summed E-state index contributed by atoms with van der Waals surface area (Å²) < 4.78 is 1.95. The van der Waals surface area contributed by atoms with E-state index in [-0.39, 0.29) is 16.9 Å². The normalized spacial score (nSPS) is 21.8. The summed E-state index contributed by atoms with van der Waals surface area (Å²) in [6, 6.07) is 14.0. The van der Waals surface area contributed by atoms with Crippen LogP contribution in [0.5, 0.6) is 0 Å². The topological polar surface area (TPSA) is 124 Å². The molecule has 6 rings (SSSR count). The van der Waals surface area contributed by atoms with Crippen molar-refractivity contribution in [3.05, 3.63) is 71.6 Å². The molecule has 9 nitrogen and oxygen atoms in total. The van der Waals surface area contributed by atoms with Crippen LogP contribution in [0, 0.1) is 17.2 Å². The van der Waals surface area contributed by atoms with Crippen molar-refractivity contribution in [2.75, 3.05) is 5.32 Å². The molecule has 0 spiro atoms. The minimum atomic E-state index is -0.326. The second kappa shape index (κ2) is 8.82. The highest BCUT2D eigenvalue weighted by molar-refractivity contribution is 6.04. The van der Waals surface area contributed by atoms with Crippen LogP contribution in [-0.2, 0) is 19.0 Å². The van der Waals surface area contributed by atoms with E-state index in [0.29, 0.717) is 30.3 Å². The molecule has 0 bridgehead atoms. The van der Waals surface area contributed by atoms with E-state index < -0.39 is 0 Å². The zero-order valence-corrected chi connectivity index (χ0v) is 21.1. The second-order valence-corrected chi connectivity index (χ2v) is 10.8. The summed E-state index contributed by atoms with van der Waals surface area (Å²) in [5.41, 5.74) is 4.78. The summed E-state index contributed by atoms with van der Waals surface area (Å²) in [4.78, 5) is 21.2. The van der Waals surface area contributed by atoms with Crippen LogP contribution in [0.15, 0.2) is 48.9 Å². The van der Waals surface area contributed by atoms with Crippen molar-refractivity contribution in [3.63, 3.8) is 0 Å². The lowest BCUT2D eigenvalue weighted by molar-refractivity contribution is 0.102. The SMILES string of the molecule is Cn1cnnc1C1(c2cccc(NC(=O)c3cc(CNC4(C)CC4)c4[nH]ccc4n3)c2)CC(CC#N)C1. The zero-order chi connectivity index (χ0) is 25.6. The van der Waals surface area contributed by atoms with Crippen molar-refractivity contribution in [3.8, 4) is 6.07 Å². The number of aromatic amines is 1. The Labute approximate surface area is 215 Å². The quantitative estimate of drug-likeness (QED) is 0.337. The minimum Gasteiger partial charge on any atom is -0.360 e. The van der Waals surface area contributed by atoms with E-state index in [4.69, 9.17) is 0 Å². The molecule has 0 aliphatic heterocycles. The molecule has 3 N–H and O–H groups in total. The van der Waals surface area contributed by atoms with Crippen LogP contribution in [0.4, 0.5) is 5.69 Å². The van der Waals surface area contributed by atoms with Gasteiger partial charge in [0.15, 0.2) is 0 Å². The van der Waals surface area contributed by atoms with Gasteiger partial charge in [0.1, 0.15) is 17.8 Å². The molecule has 3 aromatic heterocycles. The number of amides is 1. The van der Waals surface area contributed by atoms with E-state index in [1.165, 1.54) is 12.8 Å². The third kappa shape index (κ3) is 4.27. The molecule has 3 heterocycles. The molecular weight excluding hydrogens is 464 g/mol. The Morgan fingerprint density at radius 3 is 2.84 bits per heavy atom. The number of carbonyl (C=O) groups excluding carboxylic acids is 1. The number of nitriles is 1. The lowest BCUT2D eigenvalue weighted by Crippen LogP contribution is -2.44. The number of rotatable bonds is 8. The molecule has 0 atom stereocenters. The molecule has 0 unspecified atom stereocenters. The van der Waals surface area contributed by atoms with Crippen LogP contribution in [0.1, 0.15) is 66.5 Å². The van der Waals surface area contributed by atoms with Crippen molar-refractivity contribution < 1.29 is 4.79 Å². The van der Waals surface area contributed by atoms with Gasteiger partial charge < -0.3 is 20.2 Å². The molecule has 9 heteroatoms. The molecule has 2 aliphatic carbocycles. The van der Waals surface area contributed by atoms with E-state index in [2.05, 4.69) is 49.9 Å². The number of pyridine rings is 1. The van der Waals surface area contributed by atoms with Crippen LogP contribution in [0.2, 0.25) is 0 Å². The van der Waals surface area contributed by atoms with E-state index in [1.54, 1.807) is 6.33 Å². The van der Waals surface area contributed by atoms with Crippen molar-refractivity contribution in [2.24, 2.45) is 13.0 Å². The number of anilines is 1. The van der Waals surface area contributed by atoms with Gasteiger partial charge in [0, 0.05) is 37.4 Å². The van der Waals surface area contributed by atoms with E-state index in [1.807, 2.05) is 48.1 Å². The Bertz CT molecular complexity index is 1520. The number of carbonyl (C=O) groups is 1. The summed E-state index contributed by atoms with van der Waals surface area (Å²) in [5.74, 6) is 0.955. The first-order valence-electron chi connectivity index (χ1n) is 12.7. The first-order valence-corrected chi connectivity index (χ1v) is 12.7. The Morgan fingerprint density at radius 2 is 2.11 bits per heavy atom. The molecular formula is C28H30N8O. The number of fused-ring (bicyclic) bond motifs is 1. The smallest absolute Gasteiger partial charge is 0.274 e. The number of nitrogens with zero attached hydrogens (tertiary/aromatic N) is 5. The summed E-state index contributed by atoms with van der Waals surface area (Å²) >= 11 is 0. The number of aromatic nitrogens is 5. The third-order valence-corrected chi connectivity index (χ3v) is 8.00. The molecule has 4 aromatic rings. The Balaban J connectivity index is 1.27. The molecule has 1 amide bonds. The number of benzene rings is 1. The monoisotopic (exact) mass is 494 g/mol. The Kier molecular flexibility index (Phi) is 5.57. The maximum absolute atomic E-state index is 13.3. The van der Waals surface area contributed by atoms with Crippen LogP contribution < -0.4 is 10.6 Å². The number of H-pyrrole nitrogens is 1. The van der Waals surface area contributed by atoms with E-state index in [9.17, 15) is 10.1 Å². The van der Waals surface area contributed by atoms with Gasteiger partial charge in [-0.2, -0.15) is 5.26 Å². The van der Waals surface area contributed by atoms with Crippen LogP contribution >= 0.6 is 0 Å². The number of hydrogen-bond acceptors (Lipinski definition) is 6. The van der Waals surface area contributed by atoms with Gasteiger partial charge in [-0.05, 0) is 73.9 Å². The fraction of sp³-hybridized carbons (Fsp3) is 0.393. The Morgan fingerprint density at radius 1 is 1.27 bits per heavy atom. The average Bonchev–Trinajstić information content (AvgIpc) is 3.21. The van der Waals surface area contributed by atoms with Crippen LogP contribution in [0.3, 0.4) is 0 Å². The van der Waals surface area contributed by atoms with Gasteiger partial charge in [-0.3, -0.25) is 4.79 Å². The average molecular weight is 495 g/mol. The third-order valence-electron chi connectivity index (χ3n) is 8.00. The zero-order valence-electron chi connectivity index (χ0n) is 21.1. The highest BCUT2D eigenvalue weighted by Crippen LogP contribution is 2.53. The molecule has 0 saturated heterocycles. The molecule has 2 fully saturated rings. The van der Waals surface area contributed by atoms with Crippen molar-refractivity contribution in [2.45, 2.75) is 56.5 Å². The minimum absolute atomic E-state index is 0.192. The van der Waals surface area contributed by atoms with Gasteiger partial charge in [-0.1, -0.05) is 12.1 Å². The second-order valence-electron chi connectivity index (χ2n) is 10.8. The van der Waals surface area contributed by atoms with Crippen molar-refractivity contribution in [1.29, 1.82) is 5.26 Å². The Hall–Kier alpha value is -4.03. The number of hydrogen-bond donors (Lipinski definition) is 3. The molecule has 1 aromatic carbocycles. The molecule has 37 heavy (non-hydrogen) atoms. The van der Waals surface area contributed by atoms with Gasteiger partial charge in [0.25, 0.3) is 5.91 Å². The number of aryl methyl sites for hydroxylation is 1. The van der Waals surface area contributed by atoms with E-state index >= 15 is 0 Å². The van der Waals surface area contributed by atoms with Crippen LogP contribution in [-0.4, -0.2) is 36.2 Å².